The number of carboxylic acid groups (broad SMARTS) is 1. The highest BCUT2D eigenvalue weighted by Crippen LogP contribution is 2.32. The number of nitriles is 1. The molecule has 1 heterocycles. The predicted molar refractivity (Wildman–Crippen MR) is 65.3 cm³/mol. The quantitative estimate of drug-likeness (QED) is 0.909. The van der Waals surface area contributed by atoms with E-state index in [2.05, 4.69) is 0 Å². The Hall–Kier alpha value is -2.20. The molecule has 106 valence electrons. The number of hydrogen-bond acceptors (Lipinski definition) is 4. The predicted octanol–water partition coefficient (Wildman–Crippen LogP) is 1.51. The van der Waals surface area contributed by atoms with E-state index in [1.54, 1.807) is 6.07 Å². The summed E-state index contributed by atoms with van der Waals surface area (Å²) in [4.78, 5) is 12.3. The first-order valence-electron chi connectivity index (χ1n) is 5.89. The van der Waals surface area contributed by atoms with Crippen LogP contribution in [0.15, 0.2) is 12.1 Å². The van der Waals surface area contributed by atoms with Crippen LogP contribution in [0.4, 0.5) is 14.5 Å². The van der Waals surface area contributed by atoms with Crippen molar-refractivity contribution < 1.29 is 23.4 Å². The molecule has 0 aliphatic carbocycles. The lowest BCUT2D eigenvalue weighted by atomic mass is 10.1. The van der Waals surface area contributed by atoms with Gasteiger partial charge in [0.15, 0.2) is 11.6 Å². The van der Waals surface area contributed by atoms with Crippen LogP contribution in [0.1, 0.15) is 12.0 Å². The van der Waals surface area contributed by atoms with E-state index in [9.17, 15) is 13.6 Å². The summed E-state index contributed by atoms with van der Waals surface area (Å²) in [6.45, 7) is 0.0766. The minimum atomic E-state index is -1.17. The second-order valence-corrected chi connectivity index (χ2v) is 4.50. The molecule has 0 saturated carbocycles. The molecule has 2 rings (SSSR count). The summed E-state index contributed by atoms with van der Waals surface area (Å²) in [5.74, 6) is -3.08. The molecule has 2 unspecified atom stereocenters. The number of rotatable bonds is 3. The maximum atomic E-state index is 14.0. The molecule has 1 N–H and O–H groups in total. The van der Waals surface area contributed by atoms with Crippen LogP contribution < -0.4 is 4.90 Å². The number of methoxy groups -OCH3 is 1. The first-order valence-corrected chi connectivity index (χ1v) is 5.89. The van der Waals surface area contributed by atoms with Gasteiger partial charge in [-0.3, -0.25) is 0 Å². The molecule has 1 aliphatic rings. The third kappa shape index (κ3) is 2.42. The molecular weight excluding hydrogens is 270 g/mol. The van der Waals surface area contributed by atoms with Gasteiger partial charge in [-0.1, -0.05) is 0 Å². The fourth-order valence-electron chi connectivity index (χ4n) is 2.35. The van der Waals surface area contributed by atoms with Crippen LogP contribution >= 0.6 is 0 Å². The van der Waals surface area contributed by atoms with Gasteiger partial charge in [0.05, 0.1) is 17.7 Å². The second-order valence-electron chi connectivity index (χ2n) is 4.50. The Morgan fingerprint density at radius 3 is 2.55 bits per heavy atom. The number of halogens is 2. The van der Waals surface area contributed by atoms with Crippen molar-refractivity contribution in [3.8, 4) is 6.07 Å². The SMILES string of the molecule is COC1CC(C(=O)O)N(c2c(F)cc(C#N)cc2F)C1. The topological polar surface area (TPSA) is 73.6 Å². The number of benzene rings is 1. The van der Waals surface area contributed by atoms with Crippen molar-refractivity contribution in [2.24, 2.45) is 0 Å². The average Bonchev–Trinajstić information content (AvgIpc) is 2.82. The molecule has 1 aromatic carbocycles. The van der Waals surface area contributed by atoms with Gasteiger partial charge in [-0.2, -0.15) is 5.26 Å². The zero-order valence-electron chi connectivity index (χ0n) is 10.6. The first kappa shape index (κ1) is 14.2. The fraction of sp³-hybridized carbons (Fsp3) is 0.385. The third-order valence-corrected chi connectivity index (χ3v) is 3.31. The van der Waals surface area contributed by atoms with Crippen LogP contribution in [-0.2, 0) is 9.53 Å². The number of aliphatic carboxylic acids is 1. The number of hydrogen-bond donors (Lipinski definition) is 1. The first-order chi connectivity index (χ1) is 9.47. The van der Waals surface area contributed by atoms with Gasteiger partial charge in [0.2, 0.25) is 0 Å². The Labute approximate surface area is 114 Å². The molecule has 20 heavy (non-hydrogen) atoms. The van der Waals surface area contributed by atoms with Crippen LogP contribution in [0.2, 0.25) is 0 Å². The lowest BCUT2D eigenvalue weighted by molar-refractivity contribution is -0.138. The Morgan fingerprint density at radius 2 is 2.10 bits per heavy atom. The zero-order chi connectivity index (χ0) is 14.9. The minimum absolute atomic E-state index is 0.0766. The van der Waals surface area contributed by atoms with E-state index in [1.807, 2.05) is 0 Å². The highest BCUT2D eigenvalue weighted by molar-refractivity contribution is 5.79. The number of nitrogens with zero attached hydrogens (tertiary/aromatic N) is 2. The summed E-state index contributed by atoms with van der Waals surface area (Å²) in [5, 5.41) is 17.8. The highest BCUT2D eigenvalue weighted by Gasteiger charge is 2.39. The highest BCUT2D eigenvalue weighted by atomic mass is 19.1. The molecule has 7 heteroatoms. The minimum Gasteiger partial charge on any atom is -0.480 e. The summed E-state index contributed by atoms with van der Waals surface area (Å²) in [7, 11) is 1.42. The molecule has 0 amide bonds. The largest absolute Gasteiger partial charge is 0.480 e. The molecule has 1 aliphatic heterocycles. The van der Waals surface area contributed by atoms with E-state index in [-0.39, 0.29) is 18.5 Å². The van der Waals surface area contributed by atoms with Crippen molar-refractivity contribution >= 4 is 11.7 Å². The van der Waals surface area contributed by atoms with E-state index in [0.717, 1.165) is 17.0 Å². The molecule has 1 aromatic rings. The lowest BCUT2D eigenvalue weighted by Crippen LogP contribution is -2.37. The van der Waals surface area contributed by atoms with Gasteiger partial charge in [-0.15, -0.1) is 0 Å². The Kier molecular flexibility index (Phi) is 3.86. The molecule has 1 saturated heterocycles. The molecule has 2 atom stereocenters. The Morgan fingerprint density at radius 1 is 1.50 bits per heavy atom. The van der Waals surface area contributed by atoms with Crippen molar-refractivity contribution in [2.45, 2.75) is 18.6 Å². The maximum Gasteiger partial charge on any atom is 0.326 e. The Bertz CT molecular complexity index is 562. The molecule has 0 spiro atoms. The van der Waals surface area contributed by atoms with Crippen molar-refractivity contribution in [3.05, 3.63) is 29.3 Å². The van der Waals surface area contributed by atoms with Crippen LogP contribution in [0, 0.1) is 23.0 Å². The summed E-state index contributed by atoms with van der Waals surface area (Å²) < 4.78 is 33.0. The number of carboxylic acids is 1. The van der Waals surface area contributed by atoms with Crippen LogP contribution in [0.25, 0.3) is 0 Å². The number of carbonyl (C=O) groups is 1. The Balaban J connectivity index is 2.44. The van der Waals surface area contributed by atoms with Gasteiger partial charge in [0.25, 0.3) is 0 Å². The monoisotopic (exact) mass is 282 g/mol. The van der Waals surface area contributed by atoms with E-state index in [4.69, 9.17) is 15.1 Å². The molecule has 0 radical (unpaired) electrons. The van der Waals surface area contributed by atoms with Gasteiger partial charge in [0.1, 0.15) is 11.7 Å². The standard InChI is InChI=1S/C13H12F2N2O3/c1-20-8-4-11(13(18)19)17(6-8)12-9(14)2-7(5-16)3-10(12)15/h2-3,8,11H,4,6H2,1H3,(H,18,19). The van der Waals surface area contributed by atoms with Gasteiger partial charge in [0, 0.05) is 20.1 Å². The van der Waals surface area contributed by atoms with Crippen molar-refractivity contribution in [1.82, 2.24) is 0 Å². The van der Waals surface area contributed by atoms with Gasteiger partial charge < -0.3 is 14.7 Å². The molecule has 0 bridgehead atoms. The smallest absolute Gasteiger partial charge is 0.326 e. The second kappa shape index (κ2) is 5.43. The van der Waals surface area contributed by atoms with Crippen LogP contribution in [0.3, 0.4) is 0 Å². The third-order valence-electron chi connectivity index (χ3n) is 3.31. The van der Waals surface area contributed by atoms with E-state index >= 15 is 0 Å². The average molecular weight is 282 g/mol. The van der Waals surface area contributed by atoms with Gasteiger partial charge >= 0.3 is 5.97 Å². The fourth-order valence-corrected chi connectivity index (χ4v) is 2.35. The number of ether oxygens (including phenoxy) is 1. The summed E-state index contributed by atoms with van der Waals surface area (Å²) in [6.07, 6.45) is -0.268. The molecule has 0 aromatic heterocycles. The van der Waals surface area contributed by atoms with Crippen molar-refractivity contribution in [2.75, 3.05) is 18.6 Å². The molecule has 1 fully saturated rings. The van der Waals surface area contributed by atoms with E-state index in [1.165, 1.54) is 7.11 Å². The van der Waals surface area contributed by atoms with Crippen LogP contribution in [-0.4, -0.2) is 36.9 Å². The van der Waals surface area contributed by atoms with Crippen molar-refractivity contribution in [3.63, 3.8) is 0 Å². The maximum absolute atomic E-state index is 14.0. The lowest BCUT2D eigenvalue weighted by Gasteiger charge is -2.24. The van der Waals surface area contributed by atoms with Crippen LogP contribution in [0.5, 0.6) is 0 Å². The molecular formula is C13H12F2N2O3. The normalized spacial score (nSPS) is 21.8. The van der Waals surface area contributed by atoms with E-state index in [0.29, 0.717) is 0 Å². The van der Waals surface area contributed by atoms with E-state index < -0.39 is 35.4 Å². The summed E-state index contributed by atoms with van der Waals surface area (Å²) in [6, 6.07) is 2.36. The zero-order valence-corrected chi connectivity index (χ0v) is 10.6. The van der Waals surface area contributed by atoms with Gasteiger partial charge in [-0.05, 0) is 12.1 Å². The molecule has 5 nitrogen and oxygen atoms in total. The summed E-state index contributed by atoms with van der Waals surface area (Å²) in [5.41, 5.74) is -0.589. The summed E-state index contributed by atoms with van der Waals surface area (Å²) >= 11 is 0. The van der Waals surface area contributed by atoms with Crippen molar-refractivity contribution in [1.29, 1.82) is 5.26 Å². The number of anilines is 1. The van der Waals surface area contributed by atoms with Gasteiger partial charge in [-0.25, -0.2) is 13.6 Å².